The van der Waals surface area contributed by atoms with Crippen molar-refractivity contribution in [3.8, 4) is 6.07 Å². The normalized spacial score (nSPS) is 19.8. The van der Waals surface area contributed by atoms with Gasteiger partial charge in [0, 0.05) is 20.2 Å². The quantitative estimate of drug-likeness (QED) is 0.764. The fraction of sp³-hybridized carbons (Fsp3) is 0.417. The topological polar surface area (TPSA) is 36.3 Å². The SMILES string of the molecule is COC1CCN(c2ccc(F)cc2C#N)C1. The molecule has 0 aromatic heterocycles. The van der Waals surface area contributed by atoms with Crippen LogP contribution in [0.1, 0.15) is 12.0 Å². The summed E-state index contributed by atoms with van der Waals surface area (Å²) in [7, 11) is 1.68. The molecule has 3 nitrogen and oxygen atoms in total. The Hall–Kier alpha value is -1.60. The molecule has 1 heterocycles. The van der Waals surface area contributed by atoms with E-state index >= 15 is 0 Å². The van der Waals surface area contributed by atoms with E-state index in [1.807, 2.05) is 6.07 Å². The van der Waals surface area contributed by atoms with Gasteiger partial charge in [-0.15, -0.1) is 0 Å². The maximum Gasteiger partial charge on any atom is 0.124 e. The number of hydrogen-bond donors (Lipinski definition) is 0. The van der Waals surface area contributed by atoms with Gasteiger partial charge in [-0.05, 0) is 24.6 Å². The maximum atomic E-state index is 13.0. The van der Waals surface area contributed by atoms with Gasteiger partial charge in [-0.25, -0.2) is 4.39 Å². The molecule has 0 spiro atoms. The first-order valence-electron chi connectivity index (χ1n) is 5.22. The minimum absolute atomic E-state index is 0.205. The fourth-order valence-corrected chi connectivity index (χ4v) is 2.01. The Morgan fingerprint density at radius 1 is 1.56 bits per heavy atom. The molecule has 0 saturated carbocycles. The number of nitriles is 1. The molecule has 1 saturated heterocycles. The zero-order chi connectivity index (χ0) is 11.5. The zero-order valence-electron chi connectivity index (χ0n) is 9.11. The van der Waals surface area contributed by atoms with Crippen LogP contribution in [0.5, 0.6) is 0 Å². The Kier molecular flexibility index (Phi) is 3.07. The number of nitrogens with zero attached hydrogens (tertiary/aromatic N) is 2. The van der Waals surface area contributed by atoms with Gasteiger partial charge >= 0.3 is 0 Å². The molecule has 1 fully saturated rings. The van der Waals surface area contributed by atoms with Crippen LogP contribution >= 0.6 is 0 Å². The van der Waals surface area contributed by atoms with E-state index in [-0.39, 0.29) is 11.9 Å². The summed E-state index contributed by atoms with van der Waals surface area (Å²) in [5, 5.41) is 8.95. The van der Waals surface area contributed by atoms with Gasteiger partial charge < -0.3 is 9.64 Å². The highest BCUT2D eigenvalue weighted by molar-refractivity contribution is 5.60. The second kappa shape index (κ2) is 4.50. The van der Waals surface area contributed by atoms with Gasteiger partial charge in [0.05, 0.1) is 17.4 Å². The molecule has 0 amide bonds. The van der Waals surface area contributed by atoms with E-state index in [1.165, 1.54) is 12.1 Å². The van der Waals surface area contributed by atoms with Gasteiger partial charge in [0.2, 0.25) is 0 Å². The van der Waals surface area contributed by atoms with E-state index in [2.05, 4.69) is 4.90 Å². The molecule has 1 atom stereocenters. The molecule has 2 rings (SSSR count). The maximum absolute atomic E-state index is 13.0. The molecule has 0 N–H and O–H groups in total. The van der Waals surface area contributed by atoms with Crippen LogP contribution in [-0.2, 0) is 4.74 Å². The van der Waals surface area contributed by atoms with Crippen molar-refractivity contribution in [1.29, 1.82) is 5.26 Å². The molecule has 16 heavy (non-hydrogen) atoms. The molecule has 0 aliphatic carbocycles. The molecule has 1 aromatic carbocycles. The Bertz CT molecular complexity index is 428. The summed E-state index contributed by atoms with van der Waals surface area (Å²) in [6, 6.07) is 6.34. The van der Waals surface area contributed by atoms with Gasteiger partial charge in [0.1, 0.15) is 11.9 Å². The van der Waals surface area contributed by atoms with Crippen molar-refractivity contribution < 1.29 is 9.13 Å². The van der Waals surface area contributed by atoms with Crippen LogP contribution in [-0.4, -0.2) is 26.3 Å². The van der Waals surface area contributed by atoms with Crippen LogP contribution in [0, 0.1) is 17.1 Å². The Morgan fingerprint density at radius 3 is 3.00 bits per heavy atom. The van der Waals surface area contributed by atoms with Gasteiger partial charge in [-0.1, -0.05) is 0 Å². The standard InChI is InChI=1S/C12H13FN2O/c1-16-11-4-5-15(8-11)12-3-2-10(13)6-9(12)7-14/h2-3,6,11H,4-5,8H2,1H3. The van der Waals surface area contributed by atoms with Crippen LogP contribution in [0.15, 0.2) is 18.2 Å². The highest BCUT2D eigenvalue weighted by atomic mass is 19.1. The van der Waals surface area contributed by atoms with Gasteiger partial charge in [0.15, 0.2) is 0 Å². The lowest BCUT2D eigenvalue weighted by Gasteiger charge is -2.19. The lowest BCUT2D eigenvalue weighted by atomic mass is 10.2. The third-order valence-electron chi connectivity index (χ3n) is 2.90. The Labute approximate surface area is 94.0 Å². The van der Waals surface area contributed by atoms with Crippen molar-refractivity contribution in [1.82, 2.24) is 0 Å². The van der Waals surface area contributed by atoms with Crippen LogP contribution in [0.2, 0.25) is 0 Å². The van der Waals surface area contributed by atoms with Gasteiger partial charge in [-0.3, -0.25) is 0 Å². The second-order valence-corrected chi connectivity index (χ2v) is 3.87. The average molecular weight is 220 g/mol. The van der Waals surface area contributed by atoms with Crippen molar-refractivity contribution >= 4 is 5.69 Å². The number of benzene rings is 1. The van der Waals surface area contributed by atoms with Gasteiger partial charge in [-0.2, -0.15) is 5.26 Å². The fourth-order valence-electron chi connectivity index (χ4n) is 2.01. The summed E-state index contributed by atoms with van der Waals surface area (Å²) in [5.74, 6) is -0.372. The Morgan fingerprint density at radius 2 is 2.38 bits per heavy atom. The van der Waals surface area contributed by atoms with E-state index in [0.29, 0.717) is 5.56 Å². The number of halogens is 1. The summed E-state index contributed by atoms with van der Waals surface area (Å²) in [5.41, 5.74) is 1.18. The lowest BCUT2D eigenvalue weighted by molar-refractivity contribution is 0.121. The molecular formula is C12H13FN2O. The second-order valence-electron chi connectivity index (χ2n) is 3.87. The summed E-state index contributed by atoms with van der Waals surface area (Å²) in [6.07, 6.45) is 1.15. The highest BCUT2D eigenvalue weighted by Crippen LogP contribution is 2.25. The lowest BCUT2D eigenvalue weighted by Crippen LogP contribution is -2.23. The van der Waals surface area contributed by atoms with Crippen molar-refractivity contribution in [2.45, 2.75) is 12.5 Å². The molecule has 84 valence electrons. The van der Waals surface area contributed by atoms with Crippen LogP contribution < -0.4 is 4.90 Å². The van der Waals surface area contributed by atoms with E-state index in [4.69, 9.17) is 10.00 Å². The molecule has 1 aromatic rings. The molecular weight excluding hydrogens is 207 g/mol. The molecule has 4 heteroatoms. The monoisotopic (exact) mass is 220 g/mol. The first-order chi connectivity index (χ1) is 7.74. The van der Waals surface area contributed by atoms with Crippen LogP contribution in [0.4, 0.5) is 10.1 Å². The predicted octanol–water partition coefficient (Wildman–Crippen LogP) is 1.92. The smallest absolute Gasteiger partial charge is 0.124 e. The molecule has 1 unspecified atom stereocenters. The third-order valence-corrected chi connectivity index (χ3v) is 2.90. The number of rotatable bonds is 2. The number of anilines is 1. The van der Waals surface area contributed by atoms with E-state index < -0.39 is 0 Å². The average Bonchev–Trinajstić information content (AvgIpc) is 2.77. The van der Waals surface area contributed by atoms with Crippen molar-refractivity contribution in [3.63, 3.8) is 0 Å². The summed E-state index contributed by atoms with van der Waals surface area (Å²) in [4.78, 5) is 2.06. The first-order valence-corrected chi connectivity index (χ1v) is 5.22. The van der Waals surface area contributed by atoms with E-state index in [1.54, 1.807) is 13.2 Å². The van der Waals surface area contributed by atoms with E-state index in [0.717, 1.165) is 25.2 Å². The van der Waals surface area contributed by atoms with Crippen molar-refractivity contribution in [2.24, 2.45) is 0 Å². The minimum Gasteiger partial charge on any atom is -0.380 e. The molecule has 0 bridgehead atoms. The molecule has 1 aliphatic heterocycles. The van der Waals surface area contributed by atoms with Crippen molar-refractivity contribution in [3.05, 3.63) is 29.6 Å². The number of hydrogen-bond acceptors (Lipinski definition) is 3. The summed E-state index contributed by atoms with van der Waals surface area (Å²) in [6.45, 7) is 1.61. The predicted molar refractivity (Wildman–Crippen MR) is 58.7 cm³/mol. The van der Waals surface area contributed by atoms with Gasteiger partial charge in [0.25, 0.3) is 0 Å². The third kappa shape index (κ3) is 2.00. The zero-order valence-corrected chi connectivity index (χ0v) is 9.11. The Balaban J connectivity index is 2.25. The highest BCUT2D eigenvalue weighted by Gasteiger charge is 2.23. The first kappa shape index (κ1) is 10.9. The number of methoxy groups -OCH3 is 1. The number of ether oxygens (including phenoxy) is 1. The minimum atomic E-state index is -0.372. The molecule has 1 aliphatic rings. The van der Waals surface area contributed by atoms with Crippen molar-refractivity contribution in [2.75, 3.05) is 25.1 Å². The summed E-state index contributed by atoms with van der Waals surface area (Å²) < 4.78 is 18.2. The largest absolute Gasteiger partial charge is 0.380 e. The van der Waals surface area contributed by atoms with Crippen LogP contribution in [0.25, 0.3) is 0 Å². The van der Waals surface area contributed by atoms with E-state index in [9.17, 15) is 4.39 Å². The molecule has 0 radical (unpaired) electrons. The van der Waals surface area contributed by atoms with Crippen LogP contribution in [0.3, 0.4) is 0 Å². The summed E-state index contributed by atoms with van der Waals surface area (Å²) >= 11 is 0.